The van der Waals surface area contributed by atoms with Gasteiger partial charge in [0.15, 0.2) is 0 Å². The quantitative estimate of drug-likeness (QED) is 0.879. The summed E-state index contributed by atoms with van der Waals surface area (Å²) in [6.45, 7) is 0.755. The highest BCUT2D eigenvalue weighted by molar-refractivity contribution is 5.33. The minimum Gasteiger partial charge on any atom is -0.497 e. The summed E-state index contributed by atoms with van der Waals surface area (Å²) in [7, 11) is 5.62. The summed E-state index contributed by atoms with van der Waals surface area (Å²) in [6, 6.07) is 7.64. The van der Waals surface area contributed by atoms with Crippen LogP contribution in [0.4, 0.5) is 0 Å². The van der Waals surface area contributed by atoms with E-state index < -0.39 is 5.60 Å². The molecule has 1 aromatic rings. The minimum atomic E-state index is -0.891. The zero-order chi connectivity index (χ0) is 14.8. The van der Waals surface area contributed by atoms with Crippen LogP contribution in [0.3, 0.4) is 0 Å². The fourth-order valence-corrected chi connectivity index (χ4v) is 3.17. The first-order chi connectivity index (χ1) is 9.45. The Labute approximate surface area is 121 Å². The molecule has 0 aromatic heterocycles. The third kappa shape index (κ3) is 3.14. The van der Waals surface area contributed by atoms with E-state index in [-0.39, 0.29) is 12.0 Å². The summed E-state index contributed by atoms with van der Waals surface area (Å²) >= 11 is 0. The van der Waals surface area contributed by atoms with Crippen molar-refractivity contribution in [3.05, 3.63) is 29.8 Å². The highest BCUT2D eigenvalue weighted by Gasteiger charge is 2.43. The molecule has 1 aliphatic carbocycles. The lowest BCUT2D eigenvalue weighted by atomic mass is 9.70. The van der Waals surface area contributed by atoms with Gasteiger partial charge in [0, 0.05) is 12.5 Å². The van der Waals surface area contributed by atoms with Crippen molar-refractivity contribution in [3.63, 3.8) is 0 Å². The summed E-state index contributed by atoms with van der Waals surface area (Å²) in [5, 5.41) is 21.1. The average Bonchev–Trinajstić information content (AvgIpc) is 2.42. The van der Waals surface area contributed by atoms with Crippen molar-refractivity contribution in [1.82, 2.24) is 4.90 Å². The number of aliphatic hydroxyl groups is 2. The van der Waals surface area contributed by atoms with Gasteiger partial charge < -0.3 is 19.8 Å². The summed E-state index contributed by atoms with van der Waals surface area (Å²) in [5.74, 6) is 0.777. The van der Waals surface area contributed by atoms with Crippen molar-refractivity contribution < 1.29 is 14.9 Å². The molecule has 0 saturated heterocycles. The first-order valence-electron chi connectivity index (χ1n) is 7.15. The fraction of sp³-hybridized carbons (Fsp3) is 0.625. The summed E-state index contributed by atoms with van der Waals surface area (Å²) in [6.07, 6.45) is 1.54. The summed E-state index contributed by atoms with van der Waals surface area (Å²) in [4.78, 5) is 2.06. The number of aliphatic hydroxyl groups excluding tert-OH is 1. The molecule has 1 saturated carbocycles. The second kappa shape index (κ2) is 6.12. The van der Waals surface area contributed by atoms with E-state index in [0.29, 0.717) is 19.3 Å². The average molecular weight is 279 g/mol. The molecule has 1 aliphatic rings. The topological polar surface area (TPSA) is 52.9 Å². The first-order valence-corrected chi connectivity index (χ1v) is 7.15. The van der Waals surface area contributed by atoms with Gasteiger partial charge in [0.1, 0.15) is 5.75 Å². The third-order valence-electron chi connectivity index (χ3n) is 4.25. The Hall–Kier alpha value is -1.10. The molecule has 3 atom stereocenters. The van der Waals surface area contributed by atoms with Gasteiger partial charge in [-0.05, 0) is 51.1 Å². The van der Waals surface area contributed by atoms with Crippen molar-refractivity contribution in [2.24, 2.45) is 5.92 Å². The van der Waals surface area contributed by atoms with Crippen LogP contribution in [-0.4, -0.2) is 49.0 Å². The van der Waals surface area contributed by atoms with Crippen molar-refractivity contribution in [1.29, 1.82) is 0 Å². The van der Waals surface area contributed by atoms with Crippen LogP contribution in [0, 0.1) is 5.92 Å². The number of hydrogen-bond donors (Lipinski definition) is 2. The van der Waals surface area contributed by atoms with Crippen molar-refractivity contribution in [2.75, 3.05) is 27.7 Å². The molecule has 2 N–H and O–H groups in total. The van der Waals surface area contributed by atoms with E-state index in [4.69, 9.17) is 4.74 Å². The zero-order valence-electron chi connectivity index (χ0n) is 12.5. The maximum absolute atomic E-state index is 11.2. The molecule has 1 fully saturated rings. The number of benzene rings is 1. The second-order valence-corrected chi connectivity index (χ2v) is 6.04. The SMILES string of the molecule is COc1cccc([C@@]2(O)CC[C@@H](O)C[C@@H]2CN(C)C)c1. The van der Waals surface area contributed by atoms with Gasteiger partial charge in [-0.1, -0.05) is 12.1 Å². The molecule has 20 heavy (non-hydrogen) atoms. The van der Waals surface area contributed by atoms with E-state index >= 15 is 0 Å². The minimum absolute atomic E-state index is 0.0216. The molecule has 0 amide bonds. The van der Waals surface area contributed by atoms with Gasteiger partial charge in [0.05, 0.1) is 18.8 Å². The fourth-order valence-electron chi connectivity index (χ4n) is 3.17. The van der Waals surface area contributed by atoms with E-state index in [1.54, 1.807) is 7.11 Å². The molecular formula is C16H25NO3. The largest absolute Gasteiger partial charge is 0.497 e. The van der Waals surface area contributed by atoms with Crippen molar-refractivity contribution >= 4 is 0 Å². The number of hydrogen-bond acceptors (Lipinski definition) is 4. The monoisotopic (exact) mass is 279 g/mol. The maximum Gasteiger partial charge on any atom is 0.119 e. The predicted octanol–water partition coefficient (Wildman–Crippen LogP) is 1.61. The van der Waals surface area contributed by atoms with Gasteiger partial charge >= 0.3 is 0 Å². The molecule has 0 radical (unpaired) electrons. The van der Waals surface area contributed by atoms with E-state index in [1.807, 2.05) is 38.4 Å². The van der Waals surface area contributed by atoms with Crippen LogP contribution in [-0.2, 0) is 5.60 Å². The number of ether oxygens (including phenoxy) is 1. The van der Waals surface area contributed by atoms with Gasteiger partial charge in [-0.25, -0.2) is 0 Å². The van der Waals surface area contributed by atoms with Crippen LogP contribution in [0.25, 0.3) is 0 Å². The molecule has 0 unspecified atom stereocenters. The van der Waals surface area contributed by atoms with Crippen LogP contribution >= 0.6 is 0 Å². The number of methoxy groups -OCH3 is 1. The Morgan fingerprint density at radius 1 is 1.40 bits per heavy atom. The Morgan fingerprint density at radius 3 is 2.80 bits per heavy atom. The molecule has 112 valence electrons. The van der Waals surface area contributed by atoms with Crippen molar-refractivity contribution in [3.8, 4) is 5.75 Å². The third-order valence-corrected chi connectivity index (χ3v) is 4.25. The van der Waals surface area contributed by atoms with Crippen LogP contribution < -0.4 is 4.74 Å². The summed E-state index contributed by atoms with van der Waals surface area (Å²) < 4.78 is 5.26. The molecule has 0 aliphatic heterocycles. The Kier molecular flexibility index (Phi) is 4.68. The summed E-state index contributed by atoms with van der Waals surface area (Å²) in [5.41, 5.74) is -0.00602. The maximum atomic E-state index is 11.2. The number of rotatable bonds is 4. The zero-order valence-corrected chi connectivity index (χ0v) is 12.5. The van der Waals surface area contributed by atoms with Crippen LogP contribution in [0.2, 0.25) is 0 Å². The second-order valence-electron chi connectivity index (χ2n) is 6.04. The molecular weight excluding hydrogens is 254 g/mol. The smallest absolute Gasteiger partial charge is 0.119 e. The Bertz CT molecular complexity index is 447. The molecule has 0 spiro atoms. The van der Waals surface area contributed by atoms with E-state index in [2.05, 4.69) is 4.90 Å². The standard InChI is InChI=1S/C16H25NO3/c1-17(2)11-13-9-14(18)7-8-16(13,19)12-5-4-6-15(10-12)20-3/h4-6,10,13-14,18-19H,7-9,11H2,1-3H3/t13-,14-,16+/m1/s1. The molecule has 1 aromatic carbocycles. The van der Waals surface area contributed by atoms with Gasteiger partial charge in [0.2, 0.25) is 0 Å². The predicted molar refractivity (Wildman–Crippen MR) is 78.8 cm³/mol. The normalized spacial score (nSPS) is 30.5. The van der Waals surface area contributed by atoms with Crippen LogP contribution in [0.1, 0.15) is 24.8 Å². The molecule has 0 heterocycles. The highest BCUT2D eigenvalue weighted by atomic mass is 16.5. The van der Waals surface area contributed by atoms with E-state index in [0.717, 1.165) is 17.9 Å². The van der Waals surface area contributed by atoms with E-state index in [1.165, 1.54) is 0 Å². The highest BCUT2D eigenvalue weighted by Crippen LogP contribution is 2.42. The van der Waals surface area contributed by atoms with E-state index in [9.17, 15) is 10.2 Å². The molecule has 0 bridgehead atoms. The lowest BCUT2D eigenvalue weighted by Gasteiger charge is -2.43. The van der Waals surface area contributed by atoms with Gasteiger partial charge in [-0.2, -0.15) is 0 Å². The van der Waals surface area contributed by atoms with Crippen LogP contribution in [0.15, 0.2) is 24.3 Å². The molecule has 2 rings (SSSR count). The lowest BCUT2D eigenvalue weighted by Crippen LogP contribution is -2.46. The van der Waals surface area contributed by atoms with Crippen LogP contribution in [0.5, 0.6) is 5.75 Å². The molecule has 4 heteroatoms. The molecule has 4 nitrogen and oxygen atoms in total. The van der Waals surface area contributed by atoms with Gasteiger partial charge in [-0.3, -0.25) is 0 Å². The Balaban J connectivity index is 2.32. The van der Waals surface area contributed by atoms with Gasteiger partial charge in [-0.15, -0.1) is 0 Å². The number of nitrogens with zero attached hydrogens (tertiary/aromatic N) is 1. The van der Waals surface area contributed by atoms with Gasteiger partial charge in [0.25, 0.3) is 0 Å². The van der Waals surface area contributed by atoms with Crippen molar-refractivity contribution in [2.45, 2.75) is 31.0 Å². The lowest BCUT2D eigenvalue weighted by molar-refractivity contribution is -0.0921. The first kappa shape index (κ1) is 15.3. The Morgan fingerprint density at radius 2 is 2.15 bits per heavy atom.